The number of aryl methyl sites for hydroxylation is 1. The van der Waals surface area contributed by atoms with E-state index in [1.807, 2.05) is 96.0 Å². The molecule has 4 heteroatoms. The summed E-state index contributed by atoms with van der Waals surface area (Å²) >= 11 is 6.29. The molecule has 0 amide bonds. The fraction of sp³-hybridized carbons (Fsp3) is 0.161. The smallest absolute Gasteiger partial charge is 0.191 e. The van der Waals surface area contributed by atoms with Crippen molar-refractivity contribution in [3.63, 3.8) is 0 Å². The van der Waals surface area contributed by atoms with Crippen LogP contribution in [0.15, 0.2) is 114 Å². The minimum Gasteiger partial charge on any atom is -0.291 e. The zero-order valence-electron chi connectivity index (χ0n) is 19.3. The molecule has 1 aliphatic carbocycles. The number of carbonyl (C=O) groups excluding carboxylic acids is 1. The van der Waals surface area contributed by atoms with Gasteiger partial charge in [0.25, 0.3) is 0 Å². The van der Waals surface area contributed by atoms with Gasteiger partial charge in [-0.05, 0) is 60.2 Å². The molecule has 3 nitrogen and oxygen atoms in total. The molecule has 0 saturated carbocycles. The number of ketones is 1. The summed E-state index contributed by atoms with van der Waals surface area (Å²) in [4.78, 5) is 14.7. The van der Waals surface area contributed by atoms with Gasteiger partial charge in [-0.1, -0.05) is 96.5 Å². The second-order valence-corrected chi connectivity index (χ2v) is 9.68. The van der Waals surface area contributed by atoms with Crippen LogP contribution in [0.2, 0.25) is 5.02 Å². The Kier molecular flexibility index (Phi) is 5.50. The highest BCUT2D eigenvalue weighted by atomic mass is 35.5. The molecule has 0 fully saturated rings. The first-order valence-electron chi connectivity index (χ1n) is 12.1. The fourth-order valence-corrected chi connectivity index (χ4v) is 5.84. The molecular formula is C31H25ClN2O. The maximum atomic E-state index is 14.7. The summed E-state index contributed by atoms with van der Waals surface area (Å²) in [5.74, 6) is -0.120. The first kappa shape index (κ1) is 21.8. The molecule has 0 bridgehead atoms. The number of hydrogen-bond donors (Lipinski definition) is 0. The van der Waals surface area contributed by atoms with Gasteiger partial charge in [0, 0.05) is 10.6 Å². The van der Waals surface area contributed by atoms with Gasteiger partial charge < -0.3 is 0 Å². The molecule has 0 aromatic heterocycles. The van der Waals surface area contributed by atoms with Gasteiger partial charge >= 0.3 is 0 Å². The van der Waals surface area contributed by atoms with Crippen molar-refractivity contribution in [2.45, 2.75) is 30.7 Å². The van der Waals surface area contributed by atoms with Crippen LogP contribution in [-0.2, 0) is 6.42 Å². The molecule has 35 heavy (non-hydrogen) atoms. The maximum Gasteiger partial charge on any atom is 0.191 e. The Labute approximate surface area is 210 Å². The molecule has 2 unspecified atom stereocenters. The number of carbonyl (C=O) groups is 1. The van der Waals surface area contributed by atoms with Crippen LogP contribution in [0.5, 0.6) is 0 Å². The van der Waals surface area contributed by atoms with E-state index < -0.39 is 5.54 Å². The number of hydrazone groups is 1. The van der Waals surface area contributed by atoms with Crippen molar-refractivity contribution >= 4 is 28.8 Å². The van der Waals surface area contributed by atoms with Gasteiger partial charge in [-0.2, -0.15) is 5.10 Å². The molecule has 4 aromatic carbocycles. The lowest BCUT2D eigenvalue weighted by Gasteiger charge is -2.40. The molecule has 172 valence electrons. The maximum absolute atomic E-state index is 14.7. The van der Waals surface area contributed by atoms with E-state index in [0.717, 1.165) is 46.5 Å². The Morgan fingerprint density at radius 2 is 1.46 bits per heavy atom. The summed E-state index contributed by atoms with van der Waals surface area (Å²) in [6.45, 7) is 0. The van der Waals surface area contributed by atoms with Crippen molar-refractivity contribution in [3.8, 4) is 0 Å². The number of para-hydroxylation sites is 1. The Morgan fingerprint density at radius 3 is 2.20 bits per heavy atom. The highest BCUT2D eigenvalue weighted by Crippen LogP contribution is 2.50. The Bertz CT molecular complexity index is 1400. The summed E-state index contributed by atoms with van der Waals surface area (Å²) in [6, 6.07) is 36.3. The third-order valence-corrected chi connectivity index (χ3v) is 7.52. The lowest BCUT2D eigenvalue weighted by molar-refractivity contribution is 0.0873. The third kappa shape index (κ3) is 3.59. The first-order chi connectivity index (χ1) is 17.2. The van der Waals surface area contributed by atoms with Crippen LogP contribution in [0.4, 0.5) is 5.69 Å². The largest absolute Gasteiger partial charge is 0.291 e. The van der Waals surface area contributed by atoms with Gasteiger partial charge in [0.2, 0.25) is 0 Å². The fourth-order valence-electron chi connectivity index (χ4n) is 5.72. The van der Waals surface area contributed by atoms with Gasteiger partial charge in [0.15, 0.2) is 5.78 Å². The van der Waals surface area contributed by atoms with Crippen molar-refractivity contribution in [1.82, 2.24) is 0 Å². The second kappa shape index (κ2) is 8.83. The monoisotopic (exact) mass is 476 g/mol. The van der Waals surface area contributed by atoms with E-state index in [1.54, 1.807) is 0 Å². The van der Waals surface area contributed by atoms with E-state index in [2.05, 4.69) is 18.2 Å². The number of nitrogens with zero attached hydrogens (tertiary/aromatic N) is 2. The van der Waals surface area contributed by atoms with Crippen LogP contribution in [0.25, 0.3) is 0 Å². The number of hydrogen-bond acceptors (Lipinski definition) is 3. The van der Waals surface area contributed by atoms with E-state index in [4.69, 9.17) is 16.7 Å². The lowest BCUT2D eigenvalue weighted by Crippen LogP contribution is -2.54. The van der Waals surface area contributed by atoms with E-state index >= 15 is 0 Å². The molecule has 2 aliphatic rings. The number of rotatable bonds is 3. The van der Waals surface area contributed by atoms with E-state index in [-0.39, 0.29) is 11.7 Å². The number of halogens is 1. The van der Waals surface area contributed by atoms with Crippen LogP contribution in [0.3, 0.4) is 0 Å². The predicted octanol–water partition coefficient (Wildman–Crippen LogP) is 7.31. The molecular weight excluding hydrogens is 452 g/mol. The average Bonchev–Trinajstić information content (AvgIpc) is 3.18. The van der Waals surface area contributed by atoms with Crippen LogP contribution < -0.4 is 5.01 Å². The second-order valence-electron chi connectivity index (χ2n) is 9.25. The van der Waals surface area contributed by atoms with Gasteiger partial charge in [0.1, 0.15) is 5.54 Å². The van der Waals surface area contributed by atoms with Crippen LogP contribution in [0.1, 0.15) is 45.8 Å². The predicted molar refractivity (Wildman–Crippen MR) is 143 cm³/mol. The molecule has 0 radical (unpaired) electrons. The Morgan fingerprint density at radius 1 is 0.800 bits per heavy atom. The normalized spacial score (nSPS) is 21.5. The molecule has 0 saturated heterocycles. The van der Waals surface area contributed by atoms with Crippen molar-refractivity contribution in [1.29, 1.82) is 0 Å². The summed E-state index contributed by atoms with van der Waals surface area (Å²) in [7, 11) is 0. The first-order valence-corrected chi connectivity index (χ1v) is 12.4. The topological polar surface area (TPSA) is 32.7 Å². The highest BCUT2D eigenvalue weighted by Gasteiger charge is 2.58. The number of Topliss-reactive ketones (excluding diaryl/α,β-unsaturated/α-hetero) is 1. The third-order valence-electron chi connectivity index (χ3n) is 7.27. The Balaban J connectivity index is 1.64. The lowest BCUT2D eigenvalue weighted by atomic mass is 9.69. The van der Waals surface area contributed by atoms with Gasteiger partial charge in [-0.15, -0.1) is 0 Å². The van der Waals surface area contributed by atoms with Gasteiger partial charge in [-0.25, -0.2) is 0 Å². The van der Waals surface area contributed by atoms with Crippen molar-refractivity contribution in [2.75, 3.05) is 5.01 Å². The quantitative estimate of drug-likeness (QED) is 0.310. The molecule has 1 heterocycles. The SMILES string of the molecule is O=C1c2ccccc2CCCC12C(c1ccc(Cl)cc1)C(c1ccccc1)=NN2c1ccccc1. The Hall–Kier alpha value is -3.69. The zero-order valence-corrected chi connectivity index (χ0v) is 20.0. The summed E-state index contributed by atoms with van der Waals surface area (Å²) in [5, 5.41) is 7.94. The van der Waals surface area contributed by atoms with E-state index in [1.165, 1.54) is 0 Å². The molecule has 1 spiro atoms. The van der Waals surface area contributed by atoms with Crippen molar-refractivity contribution < 1.29 is 4.79 Å². The highest BCUT2D eigenvalue weighted by molar-refractivity contribution is 6.30. The number of anilines is 1. The molecule has 4 aromatic rings. The number of fused-ring (bicyclic) bond motifs is 1. The van der Waals surface area contributed by atoms with Crippen molar-refractivity contribution in [3.05, 3.63) is 136 Å². The molecule has 6 rings (SSSR count). The molecule has 0 N–H and O–H groups in total. The van der Waals surface area contributed by atoms with Gasteiger partial charge in [-0.3, -0.25) is 9.80 Å². The van der Waals surface area contributed by atoms with Crippen LogP contribution in [-0.4, -0.2) is 17.0 Å². The zero-order chi connectivity index (χ0) is 23.8. The average molecular weight is 477 g/mol. The van der Waals surface area contributed by atoms with Crippen LogP contribution in [0, 0.1) is 0 Å². The van der Waals surface area contributed by atoms with Crippen molar-refractivity contribution in [2.24, 2.45) is 5.10 Å². The minimum absolute atomic E-state index is 0.129. The van der Waals surface area contributed by atoms with Crippen LogP contribution >= 0.6 is 11.6 Å². The minimum atomic E-state index is -0.882. The summed E-state index contributed by atoms with van der Waals surface area (Å²) in [5.41, 5.74) is 4.93. The number of benzene rings is 4. The van der Waals surface area contributed by atoms with Gasteiger partial charge in [0.05, 0.1) is 17.3 Å². The van der Waals surface area contributed by atoms with E-state index in [0.29, 0.717) is 11.4 Å². The summed E-state index contributed by atoms with van der Waals surface area (Å²) < 4.78 is 0. The molecule has 1 aliphatic heterocycles. The molecule has 2 atom stereocenters. The van der Waals surface area contributed by atoms with E-state index in [9.17, 15) is 4.79 Å². The standard InChI is InChI=1S/C31H25ClN2O/c32-25-19-17-23(18-20-25)28-29(24-11-3-1-4-12-24)33-34(26-14-5-2-6-15-26)31(28)21-9-13-22-10-7-8-16-27(22)30(31)35/h1-8,10-12,14-20,28H,9,13,21H2. The summed E-state index contributed by atoms with van der Waals surface area (Å²) in [6.07, 6.45) is 2.47.